The molecule has 0 spiro atoms. The van der Waals surface area contributed by atoms with Crippen molar-refractivity contribution in [1.29, 1.82) is 0 Å². The summed E-state index contributed by atoms with van der Waals surface area (Å²) < 4.78 is 12.5. The number of carbonyl (C=O) groups excluding carboxylic acids is 2. The summed E-state index contributed by atoms with van der Waals surface area (Å²) in [5.74, 6) is -1.07. The van der Waals surface area contributed by atoms with Gasteiger partial charge in [0.25, 0.3) is 0 Å². The molecule has 3 rings (SSSR count). The Bertz CT molecular complexity index is 954. The maximum Gasteiger partial charge on any atom is 0.521 e. The molecule has 1 N–H and O–H groups in total. The molecule has 0 radical (unpaired) electrons. The van der Waals surface area contributed by atoms with E-state index >= 15 is 0 Å². The smallest absolute Gasteiger partial charge is 0.435 e. The summed E-state index contributed by atoms with van der Waals surface area (Å²) in [6.07, 6.45) is -0.603. The van der Waals surface area contributed by atoms with Gasteiger partial charge in [0.15, 0.2) is 0 Å². The standard InChI is InChI=1S/C23H24FNO4S2/c1-15(14-30-22(27)17-6-4-3-5-7-17)21(26)25(23(28)29)13-20(12-16(25)2)31-19-10-8-18(24)9-11-19/h3-11,15-16,20H,12-14H2,1-2H3/p+1/t15?,16-,20-,25-/m1/s1. The molecule has 8 heteroatoms. The van der Waals surface area contributed by atoms with Gasteiger partial charge in [-0.3, -0.25) is 4.79 Å². The van der Waals surface area contributed by atoms with Gasteiger partial charge in [0.2, 0.25) is 5.12 Å². The Balaban J connectivity index is 1.69. The fraction of sp³-hybridized carbons (Fsp3) is 0.348. The van der Waals surface area contributed by atoms with Crippen LogP contribution < -0.4 is 0 Å². The first-order valence-corrected chi connectivity index (χ1v) is 11.9. The van der Waals surface area contributed by atoms with E-state index in [2.05, 4.69) is 0 Å². The zero-order valence-corrected chi connectivity index (χ0v) is 19.0. The number of hydrogen-bond donors (Lipinski definition) is 1. The van der Waals surface area contributed by atoms with Crippen molar-refractivity contribution in [3.63, 3.8) is 0 Å². The van der Waals surface area contributed by atoms with Crippen molar-refractivity contribution in [3.8, 4) is 0 Å². The molecule has 1 aliphatic rings. The number of rotatable bonds is 6. The van der Waals surface area contributed by atoms with E-state index in [0.29, 0.717) is 12.0 Å². The van der Waals surface area contributed by atoms with E-state index < -0.39 is 16.5 Å². The first kappa shape index (κ1) is 23.5. The van der Waals surface area contributed by atoms with Gasteiger partial charge in [-0.05, 0) is 38.1 Å². The fourth-order valence-electron chi connectivity index (χ4n) is 3.92. The Morgan fingerprint density at radius 2 is 1.77 bits per heavy atom. The lowest BCUT2D eigenvalue weighted by Crippen LogP contribution is -2.61. The molecule has 0 saturated carbocycles. The summed E-state index contributed by atoms with van der Waals surface area (Å²) in [4.78, 5) is 38.8. The van der Waals surface area contributed by atoms with Gasteiger partial charge in [-0.2, -0.15) is 9.28 Å². The average Bonchev–Trinajstić information content (AvgIpc) is 3.10. The predicted octanol–water partition coefficient (Wildman–Crippen LogP) is 5.31. The number of benzene rings is 2. The molecule has 1 heterocycles. The van der Waals surface area contributed by atoms with E-state index in [9.17, 15) is 23.9 Å². The summed E-state index contributed by atoms with van der Waals surface area (Å²) in [7, 11) is 0. The number of carboxylic acid groups (broad SMARTS) is 1. The normalized spacial score (nSPS) is 24.0. The van der Waals surface area contributed by atoms with Crippen LogP contribution in [-0.2, 0) is 4.79 Å². The van der Waals surface area contributed by atoms with Gasteiger partial charge in [0, 0.05) is 22.6 Å². The van der Waals surface area contributed by atoms with E-state index in [1.54, 1.807) is 50.2 Å². The van der Waals surface area contributed by atoms with E-state index in [4.69, 9.17) is 0 Å². The van der Waals surface area contributed by atoms with Crippen LogP contribution in [0.25, 0.3) is 0 Å². The highest BCUT2D eigenvalue weighted by Crippen LogP contribution is 2.39. The van der Waals surface area contributed by atoms with Gasteiger partial charge in [0.05, 0.1) is 11.2 Å². The van der Waals surface area contributed by atoms with Crippen LogP contribution in [0, 0.1) is 11.7 Å². The highest BCUT2D eigenvalue weighted by atomic mass is 32.2. The maximum atomic E-state index is 13.3. The van der Waals surface area contributed by atoms with Crippen molar-refractivity contribution < 1.29 is 28.4 Å². The van der Waals surface area contributed by atoms with Crippen molar-refractivity contribution >= 4 is 40.6 Å². The highest BCUT2D eigenvalue weighted by molar-refractivity contribution is 8.14. The molecular weight excluding hydrogens is 437 g/mol. The summed E-state index contributed by atoms with van der Waals surface area (Å²) in [6, 6.07) is 14.5. The molecule has 4 atom stereocenters. The van der Waals surface area contributed by atoms with Gasteiger partial charge in [-0.15, -0.1) is 11.8 Å². The summed E-state index contributed by atoms with van der Waals surface area (Å²) in [6.45, 7) is 3.63. The van der Waals surface area contributed by atoms with Crippen LogP contribution in [0.5, 0.6) is 0 Å². The molecule has 1 aliphatic heterocycles. The fourth-order valence-corrected chi connectivity index (χ4v) is 6.13. The molecule has 2 amide bonds. The molecule has 1 fully saturated rings. The van der Waals surface area contributed by atoms with Gasteiger partial charge in [-0.25, -0.2) is 9.18 Å². The molecule has 2 aromatic carbocycles. The summed E-state index contributed by atoms with van der Waals surface area (Å²) in [5, 5.41) is 9.83. The largest absolute Gasteiger partial charge is 0.521 e. The summed E-state index contributed by atoms with van der Waals surface area (Å²) in [5.41, 5.74) is 0.555. The van der Waals surface area contributed by atoms with E-state index in [1.807, 2.05) is 6.07 Å². The highest BCUT2D eigenvalue weighted by Gasteiger charge is 2.57. The maximum absolute atomic E-state index is 13.3. The van der Waals surface area contributed by atoms with Gasteiger partial charge < -0.3 is 5.11 Å². The van der Waals surface area contributed by atoms with Crippen LogP contribution in [-0.4, -0.2) is 50.3 Å². The second-order valence-corrected chi connectivity index (χ2v) is 10.2. The van der Waals surface area contributed by atoms with Crippen LogP contribution in [0.3, 0.4) is 0 Å². The van der Waals surface area contributed by atoms with Crippen LogP contribution in [0.15, 0.2) is 59.5 Å². The van der Waals surface area contributed by atoms with Crippen molar-refractivity contribution in [2.75, 3.05) is 12.3 Å². The van der Waals surface area contributed by atoms with Crippen LogP contribution >= 0.6 is 23.5 Å². The molecule has 5 nitrogen and oxygen atoms in total. The predicted molar refractivity (Wildman–Crippen MR) is 121 cm³/mol. The van der Waals surface area contributed by atoms with Gasteiger partial charge in [-0.1, -0.05) is 42.1 Å². The third-order valence-electron chi connectivity index (χ3n) is 5.59. The van der Waals surface area contributed by atoms with E-state index in [0.717, 1.165) is 16.7 Å². The minimum Gasteiger partial charge on any atom is -0.435 e. The molecule has 2 aromatic rings. The number of halogens is 1. The molecular formula is C23H25FNO4S2+. The lowest BCUT2D eigenvalue weighted by atomic mass is 10.1. The number of hydrogen-bond acceptors (Lipinski definition) is 5. The topological polar surface area (TPSA) is 71.4 Å². The number of likely N-dealkylation sites (tertiary alicyclic amines) is 1. The molecule has 31 heavy (non-hydrogen) atoms. The molecule has 1 saturated heterocycles. The van der Waals surface area contributed by atoms with Crippen molar-refractivity contribution in [2.45, 2.75) is 36.5 Å². The minimum atomic E-state index is -1.16. The Morgan fingerprint density at radius 3 is 2.39 bits per heavy atom. The van der Waals surface area contributed by atoms with E-state index in [1.165, 1.54) is 23.9 Å². The van der Waals surface area contributed by atoms with Crippen LogP contribution in [0.1, 0.15) is 30.6 Å². The molecule has 1 unspecified atom stereocenters. The quantitative estimate of drug-likeness (QED) is 0.587. The molecule has 0 aromatic heterocycles. The second-order valence-electron chi connectivity index (χ2n) is 7.82. The number of thioether (sulfide) groups is 2. The van der Waals surface area contributed by atoms with Crippen molar-refractivity contribution in [1.82, 2.24) is 0 Å². The SMILES string of the molecule is CC(CSC(=O)c1ccccc1)C(=O)[N@@+]1(C(=O)O)C[C@H](Sc2ccc(F)cc2)C[C@H]1C. The van der Waals surface area contributed by atoms with Gasteiger partial charge >= 0.3 is 12.0 Å². The van der Waals surface area contributed by atoms with Crippen molar-refractivity contribution in [2.24, 2.45) is 5.92 Å². The van der Waals surface area contributed by atoms with Crippen LogP contribution in [0.4, 0.5) is 9.18 Å². The number of nitrogens with zero attached hydrogens (tertiary/aromatic N) is 1. The summed E-state index contributed by atoms with van der Waals surface area (Å²) >= 11 is 2.51. The first-order chi connectivity index (χ1) is 14.7. The number of imide groups is 1. The zero-order valence-electron chi connectivity index (χ0n) is 17.4. The Hall–Kier alpha value is -2.16. The third-order valence-corrected chi connectivity index (χ3v) is 7.98. The molecule has 164 valence electrons. The minimum absolute atomic E-state index is 0.0775. The second kappa shape index (κ2) is 9.97. The molecule has 0 bridgehead atoms. The monoisotopic (exact) mass is 462 g/mol. The number of quaternary nitrogens is 1. The van der Waals surface area contributed by atoms with Crippen LogP contribution in [0.2, 0.25) is 0 Å². The molecule has 0 aliphatic carbocycles. The zero-order chi connectivity index (χ0) is 22.6. The van der Waals surface area contributed by atoms with E-state index in [-0.39, 0.29) is 40.4 Å². The Morgan fingerprint density at radius 1 is 1.13 bits per heavy atom. The number of amides is 2. The number of carbonyl (C=O) groups is 3. The van der Waals surface area contributed by atoms with Crippen molar-refractivity contribution in [3.05, 3.63) is 66.0 Å². The lowest BCUT2D eigenvalue weighted by Gasteiger charge is -2.31. The van der Waals surface area contributed by atoms with Gasteiger partial charge in [0.1, 0.15) is 18.4 Å². The first-order valence-electron chi connectivity index (χ1n) is 10.0. The Kier molecular flexibility index (Phi) is 7.56. The third kappa shape index (κ3) is 5.19. The Labute approximate surface area is 189 Å². The average molecular weight is 463 g/mol. The lowest BCUT2D eigenvalue weighted by molar-refractivity contribution is -0.793.